The van der Waals surface area contributed by atoms with Crippen molar-refractivity contribution in [3.05, 3.63) is 29.8 Å². The molecule has 8 heteroatoms. The summed E-state index contributed by atoms with van der Waals surface area (Å²) in [5, 5.41) is 0. The first-order valence-corrected chi connectivity index (χ1v) is 11.9. The van der Waals surface area contributed by atoms with Gasteiger partial charge >= 0.3 is 0 Å². The monoisotopic (exact) mass is 419 g/mol. The zero-order valence-corrected chi connectivity index (χ0v) is 17.8. The minimum Gasteiger partial charge on any atom is -0.345 e. The smallest absolute Gasteiger partial charge is 0.255 e. The van der Waals surface area contributed by atoms with E-state index in [1.54, 1.807) is 28.0 Å². The predicted molar refractivity (Wildman–Crippen MR) is 109 cm³/mol. The van der Waals surface area contributed by atoms with Crippen LogP contribution in [0, 0.1) is 5.41 Å². The normalized spacial score (nSPS) is 23.0. The van der Waals surface area contributed by atoms with E-state index in [2.05, 4.69) is 0 Å². The van der Waals surface area contributed by atoms with Crippen molar-refractivity contribution >= 4 is 21.8 Å². The van der Waals surface area contributed by atoms with E-state index in [0.717, 1.165) is 32.2 Å². The van der Waals surface area contributed by atoms with Gasteiger partial charge in [0, 0.05) is 39.8 Å². The number of carbonyl (C=O) groups excluding carboxylic acids is 2. The Morgan fingerprint density at radius 2 is 1.55 bits per heavy atom. The molecule has 4 rings (SSSR count). The average molecular weight is 420 g/mol. The lowest BCUT2D eigenvalue weighted by atomic mass is 9.77. The zero-order chi connectivity index (χ0) is 20.6. The van der Waals surface area contributed by atoms with Gasteiger partial charge in [0.2, 0.25) is 15.9 Å². The largest absolute Gasteiger partial charge is 0.345 e. The first kappa shape index (κ1) is 20.3. The first-order chi connectivity index (χ1) is 13.8. The van der Waals surface area contributed by atoms with Gasteiger partial charge in [-0.3, -0.25) is 9.59 Å². The molecule has 0 aromatic heterocycles. The third-order valence-electron chi connectivity index (χ3n) is 6.78. The minimum atomic E-state index is -3.69. The molecule has 0 bridgehead atoms. The third kappa shape index (κ3) is 3.57. The number of sulfonamides is 1. The molecule has 7 nitrogen and oxygen atoms in total. The molecule has 1 aromatic rings. The Hall–Kier alpha value is -1.93. The number of rotatable bonds is 3. The van der Waals surface area contributed by atoms with Crippen LogP contribution in [0.4, 0.5) is 0 Å². The van der Waals surface area contributed by atoms with E-state index in [0.29, 0.717) is 39.0 Å². The van der Waals surface area contributed by atoms with Crippen LogP contribution in [-0.2, 0) is 14.8 Å². The molecule has 0 saturated carbocycles. The summed E-state index contributed by atoms with van der Waals surface area (Å²) < 4.78 is 27.9. The second-order valence-corrected chi connectivity index (χ2v) is 10.4. The van der Waals surface area contributed by atoms with E-state index >= 15 is 0 Å². The molecule has 0 aliphatic carbocycles. The zero-order valence-electron chi connectivity index (χ0n) is 17.0. The van der Waals surface area contributed by atoms with Gasteiger partial charge in [-0.1, -0.05) is 18.6 Å². The molecule has 3 saturated heterocycles. The van der Waals surface area contributed by atoms with Crippen molar-refractivity contribution in [2.45, 2.75) is 43.4 Å². The van der Waals surface area contributed by atoms with Crippen molar-refractivity contribution in [2.75, 3.05) is 39.8 Å². The van der Waals surface area contributed by atoms with Gasteiger partial charge in [-0.2, -0.15) is 4.31 Å². The van der Waals surface area contributed by atoms with Crippen LogP contribution in [0.2, 0.25) is 0 Å². The highest BCUT2D eigenvalue weighted by molar-refractivity contribution is 7.89. The number of hydrogen-bond acceptors (Lipinski definition) is 4. The summed E-state index contributed by atoms with van der Waals surface area (Å²) in [4.78, 5) is 29.4. The van der Waals surface area contributed by atoms with Gasteiger partial charge in [0.15, 0.2) is 0 Å². The Labute approximate surface area is 172 Å². The average Bonchev–Trinajstić information content (AvgIpc) is 3.03. The second-order valence-electron chi connectivity index (χ2n) is 8.51. The summed E-state index contributed by atoms with van der Waals surface area (Å²) >= 11 is 0. The van der Waals surface area contributed by atoms with E-state index in [1.165, 1.54) is 10.4 Å². The molecular formula is C21H29N3O4S. The fourth-order valence-corrected chi connectivity index (χ4v) is 6.58. The highest BCUT2D eigenvalue weighted by Crippen LogP contribution is 2.41. The molecule has 29 heavy (non-hydrogen) atoms. The molecule has 3 fully saturated rings. The predicted octanol–water partition coefficient (Wildman–Crippen LogP) is 1.95. The molecule has 3 aliphatic rings. The first-order valence-electron chi connectivity index (χ1n) is 10.5. The molecule has 1 spiro atoms. The van der Waals surface area contributed by atoms with Crippen molar-refractivity contribution in [3.8, 4) is 0 Å². The number of likely N-dealkylation sites (tertiary alicyclic amines) is 2. The van der Waals surface area contributed by atoms with Gasteiger partial charge < -0.3 is 9.80 Å². The maximum Gasteiger partial charge on any atom is 0.255 e. The topological polar surface area (TPSA) is 78.0 Å². The molecule has 158 valence electrons. The summed E-state index contributed by atoms with van der Waals surface area (Å²) in [5.74, 6) is -0.0764. The maximum absolute atomic E-state index is 13.2. The molecule has 3 aliphatic heterocycles. The lowest BCUT2D eigenvalue weighted by molar-refractivity contribution is -0.137. The van der Waals surface area contributed by atoms with Gasteiger partial charge in [0.1, 0.15) is 0 Å². The van der Waals surface area contributed by atoms with Gasteiger partial charge in [0.05, 0.1) is 15.9 Å². The van der Waals surface area contributed by atoms with Crippen LogP contribution in [0.25, 0.3) is 0 Å². The van der Waals surface area contributed by atoms with E-state index in [4.69, 9.17) is 0 Å². The van der Waals surface area contributed by atoms with Crippen LogP contribution in [0.15, 0.2) is 29.2 Å². The summed E-state index contributed by atoms with van der Waals surface area (Å²) in [7, 11) is -1.86. The number of piperidine rings is 2. The van der Waals surface area contributed by atoms with E-state index in [-0.39, 0.29) is 27.7 Å². The van der Waals surface area contributed by atoms with Crippen molar-refractivity contribution in [1.82, 2.24) is 14.1 Å². The number of carbonyl (C=O) groups is 2. The standard InChI is InChI=1S/C21H29N3O4S/c1-22-14-9-21(20(22)26)10-15-23(16-11-21)19(25)17-7-3-4-8-18(17)29(27,28)24-12-5-2-6-13-24/h3-4,7-8H,2,5-6,9-16H2,1H3. The van der Waals surface area contributed by atoms with Crippen LogP contribution in [0.1, 0.15) is 48.9 Å². The number of benzene rings is 1. The van der Waals surface area contributed by atoms with Crippen molar-refractivity contribution in [3.63, 3.8) is 0 Å². The fraction of sp³-hybridized carbons (Fsp3) is 0.619. The van der Waals surface area contributed by atoms with Crippen molar-refractivity contribution < 1.29 is 18.0 Å². The Kier molecular flexibility index (Phi) is 5.42. The van der Waals surface area contributed by atoms with Crippen molar-refractivity contribution in [1.29, 1.82) is 0 Å². The highest BCUT2D eigenvalue weighted by atomic mass is 32.2. The number of amides is 2. The summed E-state index contributed by atoms with van der Waals surface area (Å²) in [6.45, 7) is 2.75. The number of nitrogens with zero attached hydrogens (tertiary/aromatic N) is 3. The molecule has 0 atom stereocenters. The van der Waals surface area contributed by atoms with E-state index in [9.17, 15) is 18.0 Å². The van der Waals surface area contributed by atoms with Gasteiger partial charge in [-0.15, -0.1) is 0 Å². The quantitative estimate of drug-likeness (QED) is 0.750. The summed E-state index contributed by atoms with van der Waals surface area (Å²) in [5.41, 5.74) is -0.103. The Morgan fingerprint density at radius 1 is 0.931 bits per heavy atom. The van der Waals surface area contributed by atoms with Gasteiger partial charge in [-0.05, 0) is 44.2 Å². The Morgan fingerprint density at radius 3 is 2.17 bits per heavy atom. The van der Waals surface area contributed by atoms with Crippen LogP contribution >= 0.6 is 0 Å². The Balaban J connectivity index is 1.54. The lowest BCUT2D eigenvalue weighted by Crippen LogP contribution is -2.46. The van der Waals surface area contributed by atoms with Crippen LogP contribution < -0.4 is 0 Å². The Bertz CT molecular complexity index is 900. The molecular weight excluding hydrogens is 390 g/mol. The molecule has 2 amide bonds. The van der Waals surface area contributed by atoms with Crippen molar-refractivity contribution in [2.24, 2.45) is 5.41 Å². The maximum atomic E-state index is 13.2. The van der Waals surface area contributed by atoms with E-state index in [1.807, 2.05) is 7.05 Å². The molecule has 0 unspecified atom stereocenters. The van der Waals surface area contributed by atoms with Gasteiger partial charge in [0.25, 0.3) is 5.91 Å². The fourth-order valence-electron chi connectivity index (χ4n) is 4.88. The molecule has 0 N–H and O–H groups in total. The molecule has 3 heterocycles. The van der Waals surface area contributed by atoms with Crippen LogP contribution in [0.5, 0.6) is 0 Å². The number of hydrogen-bond donors (Lipinski definition) is 0. The highest BCUT2D eigenvalue weighted by Gasteiger charge is 2.47. The third-order valence-corrected chi connectivity index (χ3v) is 8.74. The van der Waals surface area contributed by atoms with Crippen LogP contribution in [0.3, 0.4) is 0 Å². The lowest BCUT2D eigenvalue weighted by Gasteiger charge is -2.38. The van der Waals surface area contributed by atoms with Crippen LogP contribution in [-0.4, -0.2) is 74.1 Å². The summed E-state index contributed by atoms with van der Waals surface area (Å²) in [6, 6.07) is 6.53. The summed E-state index contributed by atoms with van der Waals surface area (Å²) in [6.07, 6.45) is 4.87. The van der Waals surface area contributed by atoms with Gasteiger partial charge in [-0.25, -0.2) is 8.42 Å². The molecule has 1 aromatic carbocycles. The molecule has 0 radical (unpaired) electrons. The minimum absolute atomic E-state index is 0.101. The van der Waals surface area contributed by atoms with E-state index < -0.39 is 10.0 Å². The SMILES string of the molecule is CN1CCC2(CCN(C(=O)c3ccccc3S(=O)(=O)N3CCCCC3)CC2)C1=O. The second kappa shape index (κ2) is 7.72.